The van der Waals surface area contributed by atoms with Gasteiger partial charge in [0, 0.05) is 17.3 Å². The Kier molecular flexibility index (Phi) is 5.82. The number of aromatic hydroxyl groups is 1. The van der Waals surface area contributed by atoms with E-state index >= 15 is 0 Å². The second kappa shape index (κ2) is 7.84. The van der Waals surface area contributed by atoms with E-state index in [0.717, 1.165) is 5.69 Å². The lowest BCUT2D eigenvalue weighted by molar-refractivity contribution is -0.126. The van der Waals surface area contributed by atoms with Crippen molar-refractivity contribution in [2.45, 2.75) is 20.0 Å². The van der Waals surface area contributed by atoms with Crippen molar-refractivity contribution >= 4 is 29.2 Å². The second-order valence-corrected chi connectivity index (χ2v) is 5.56. The van der Waals surface area contributed by atoms with Crippen LogP contribution in [-0.4, -0.2) is 29.6 Å². The number of esters is 1. The van der Waals surface area contributed by atoms with Gasteiger partial charge in [-0.15, -0.1) is 0 Å². The normalized spacial score (nSPS) is 11.6. The Hall–Kier alpha value is -2.53. The lowest BCUT2D eigenvalue weighted by Gasteiger charge is -2.24. The maximum absolute atomic E-state index is 12.5. The lowest BCUT2D eigenvalue weighted by Crippen LogP contribution is -2.40. The minimum Gasteiger partial charge on any atom is -0.507 e. The third kappa shape index (κ3) is 4.06. The van der Waals surface area contributed by atoms with Gasteiger partial charge in [-0.05, 0) is 44.2 Å². The molecule has 1 N–H and O–H groups in total. The molecule has 2 rings (SSSR count). The number of hydrogen-bond acceptors (Lipinski definition) is 4. The number of amides is 1. The number of ether oxygens (including phenoxy) is 1. The Labute approximate surface area is 145 Å². The van der Waals surface area contributed by atoms with Crippen molar-refractivity contribution in [3.8, 4) is 5.75 Å². The maximum Gasteiger partial charge on any atom is 0.342 e. The fraction of sp³-hybridized carbons (Fsp3) is 0.222. The van der Waals surface area contributed by atoms with E-state index in [1.165, 1.54) is 30.0 Å². The van der Waals surface area contributed by atoms with Crippen molar-refractivity contribution < 1.29 is 19.4 Å². The number of phenolic OH excluding ortho intramolecular Hbond substituents is 1. The molecule has 126 valence electrons. The smallest absolute Gasteiger partial charge is 0.342 e. The van der Waals surface area contributed by atoms with Gasteiger partial charge in [0.2, 0.25) is 0 Å². The quantitative estimate of drug-likeness (QED) is 0.838. The number of phenols is 1. The summed E-state index contributed by atoms with van der Waals surface area (Å²) in [5.74, 6) is -1.41. The van der Waals surface area contributed by atoms with Crippen molar-refractivity contribution in [3.63, 3.8) is 0 Å². The van der Waals surface area contributed by atoms with Crippen LogP contribution in [0.15, 0.2) is 48.5 Å². The number of halogens is 1. The minimum absolute atomic E-state index is 0.0400. The van der Waals surface area contributed by atoms with Crippen LogP contribution in [0.25, 0.3) is 0 Å². The molecule has 6 heteroatoms. The topological polar surface area (TPSA) is 66.8 Å². The predicted molar refractivity (Wildman–Crippen MR) is 92.5 cm³/mol. The molecule has 1 amide bonds. The number of benzene rings is 2. The van der Waals surface area contributed by atoms with Gasteiger partial charge in [0.05, 0.1) is 0 Å². The summed E-state index contributed by atoms with van der Waals surface area (Å²) >= 11 is 5.73. The minimum atomic E-state index is -0.993. The molecule has 0 aliphatic rings. The molecule has 0 spiro atoms. The first-order chi connectivity index (χ1) is 11.4. The molecule has 0 bridgehead atoms. The van der Waals surface area contributed by atoms with Gasteiger partial charge in [0.1, 0.15) is 11.3 Å². The molecule has 2 aromatic rings. The van der Waals surface area contributed by atoms with Crippen LogP contribution >= 0.6 is 11.6 Å². The molecule has 0 unspecified atom stereocenters. The van der Waals surface area contributed by atoms with E-state index in [-0.39, 0.29) is 17.2 Å². The van der Waals surface area contributed by atoms with Gasteiger partial charge < -0.3 is 14.7 Å². The number of hydrogen-bond donors (Lipinski definition) is 1. The van der Waals surface area contributed by atoms with Gasteiger partial charge in [-0.25, -0.2) is 4.79 Å². The second-order valence-electron chi connectivity index (χ2n) is 5.13. The van der Waals surface area contributed by atoms with Crippen LogP contribution in [0, 0.1) is 0 Å². The van der Waals surface area contributed by atoms with Gasteiger partial charge in [0.25, 0.3) is 5.91 Å². The number of para-hydroxylation sites is 1. The molecule has 2 aromatic carbocycles. The summed E-state index contributed by atoms with van der Waals surface area (Å²) in [6.07, 6.45) is -0.993. The number of rotatable bonds is 5. The summed E-state index contributed by atoms with van der Waals surface area (Å²) in [7, 11) is 0. The highest BCUT2D eigenvalue weighted by Gasteiger charge is 2.25. The highest BCUT2D eigenvalue weighted by Crippen LogP contribution is 2.23. The van der Waals surface area contributed by atoms with Gasteiger partial charge in [-0.1, -0.05) is 29.8 Å². The third-order valence-electron chi connectivity index (χ3n) is 3.46. The highest BCUT2D eigenvalue weighted by molar-refractivity contribution is 6.30. The van der Waals surface area contributed by atoms with Gasteiger partial charge >= 0.3 is 5.97 Å². The van der Waals surface area contributed by atoms with Crippen molar-refractivity contribution in [1.82, 2.24) is 0 Å². The summed E-state index contributed by atoms with van der Waals surface area (Å²) in [4.78, 5) is 26.2. The molecule has 0 aromatic heterocycles. The average molecular weight is 348 g/mol. The number of nitrogens with zero attached hydrogens (tertiary/aromatic N) is 1. The number of likely N-dealkylation sites (N-methyl/N-ethyl adjacent to an activating group) is 1. The average Bonchev–Trinajstić information content (AvgIpc) is 2.56. The summed E-state index contributed by atoms with van der Waals surface area (Å²) in [5.41, 5.74) is 0.684. The molecular formula is C18H18ClNO4. The highest BCUT2D eigenvalue weighted by atomic mass is 35.5. The molecule has 0 radical (unpaired) electrons. The Morgan fingerprint density at radius 3 is 2.46 bits per heavy atom. The zero-order valence-corrected chi connectivity index (χ0v) is 14.2. The standard InChI is InChI=1S/C18H18ClNO4/c1-3-20(14-7-5-4-6-8-14)17(22)12(2)24-18(23)15-10-9-13(19)11-16(15)21/h4-12,21H,3H2,1-2H3/t12-/m1/s1. The Balaban J connectivity index is 2.11. The maximum atomic E-state index is 12.5. The van der Waals surface area contributed by atoms with E-state index in [4.69, 9.17) is 16.3 Å². The van der Waals surface area contributed by atoms with E-state index in [2.05, 4.69) is 0 Å². The van der Waals surface area contributed by atoms with Crippen molar-refractivity contribution in [3.05, 3.63) is 59.1 Å². The zero-order chi connectivity index (χ0) is 17.7. The van der Waals surface area contributed by atoms with Crippen molar-refractivity contribution in [1.29, 1.82) is 0 Å². The number of carbonyl (C=O) groups is 2. The zero-order valence-electron chi connectivity index (χ0n) is 13.4. The van der Waals surface area contributed by atoms with E-state index in [1.54, 1.807) is 12.1 Å². The first-order valence-electron chi connectivity index (χ1n) is 7.50. The predicted octanol–water partition coefficient (Wildman–Crippen LogP) is 3.64. The van der Waals surface area contributed by atoms with E-state index in [1.807, 2.05) is 25.1 Å². The number of anilines is 1. The first-order valence-corrected chi connectivity index (χ1v) is 7.87. The van der Waals surface area contributed by atoms with Gasteiger partial charge in [-0.3, -0.25) is 4.79 Å². The van der Waals surface area contributed by atoms with Crippen LogP contribution < -0.4 is 4.90 Å². The van der Waals surface area contributed by atoms with Crippen molar-refractivity contribution in [2.24, 2.45) is 0 Å². The first kappa shape index (κ1) is 17.8. The van der Waals surface area contributed by atoms with Crippen LogP contribution in [0.3, 0.4) is 0 Å². The summed E-state index contributed by atoms with van der Waals surface area (Å²) in [6.45, 7) is 3.78. The van der Waals surface area contributed by atoms with Gasteiger partial charge in [-0.2, -0.15) is 0 Å². The molecule has 0 saturated carbocycles. The Bertz CT molecular complexity index is 733. The summed E-state index contributed by atoms with van der Waals surface area (Å²) < 4.78 is 5.19. The van der Waals surface area contributed by atoms with Crippen LogP contribution in [0.1, 0.15) is 24.2 Å². The fourth-order valence-electron chi connectivity index (χ4n) is 2.24. The summed E-state index contributed by atoms with van der Waals surface area (Å²) in [5, 5.41) is 10.1. The Morgan fingerprint density at radius 2 is 1.88 bits per heavy atom. The lowest BCUT2D eigenvalue weighted by atomic mass is 10.2. The van der Waals surface area contributed by atoms with Crippen LogP contribution in [0.2, 0.25) is 5.02 Å². The molecule has 0 aliphatic carbocycles. The largest absolute Gasteiger partial charge is 0.507 e. The molecule has 0 fully saturated rings. The molecule has 1 atom stereocenters. The van der Waals surface area contributed by atoms with Crippen LogP contribution in [0.4, 0.5) is 5.69 Å². The number of carbonyl (C=O) groups excluding carboxylic acids is 2. The molecular weight excluding hydrogens is 330 g/mol. The van der Waals surface area contributed by atoms with Crippen LogP contribution in [0.5, 0.6) is 5.75 Å². The Morgan fingerprint density at radius 1 is 1.21 bits per heavy atom. The molecule has 24 heavy (non-hydrogen) atoms. The van der Waals surface area contributed by atoms with Crippen molar-refractivity contribution in [2.75, 3.05) is 11.4 Å². The monoisotopic (exact) mass is 347 g/mol. The van der Waals surface area contributed by atoms with E-state index < -0.39 is 12.1 Å². The van der Waals surface area contributed by atoms with Gasteiger partial charge in [0.15, 0.2) is 6.10 Å². The summed E-state index contributed by atoms with van der Waals surface area (Å²) in [6, 6.07) is 13.2. The molecule has 0 aliphatic heterocycles. The van der Waals surface area contributed by atoms with E-state index in [0.29, 0.717) is 11.6 Å². The SMILES string of the molecule is CCN(C(=O)[C@@H](C)OC(=O)c1ccc(Cl)cc1O)c1ccccc1. The van der Waals surface area contributed by atoms with Crippen LogP contribution in [-0.2, 0) is 9.53 Å². The van der Waals surface area contributed by atoms with E-state index in [9.17, 15) is 14.7 Å². The molecule has 5 nitrogen and oxygen atoms in total. The molecule has 0 heterocycles. The third-order valence-corrected chi connectivity index (χ3v) is 3.70. The molecule has 0 saturated heterocycles. The fourth-order valence-corrected chi connectivity index (χ4v) is 2.41.